The molecule has 1 saturated heterocycles. The molecule has 2 rings (SSSR count). The van der Waals surface area contributed by atoms with E-state index in [0.29, 0.717) is 5.91 Å². The predicted octanol–water partition coefficient (Wildman–Crippen LogP) is 2.72. The molecule has 3 heteroatoms. The van der Waals surface area contributed by atoms with Gasteiger partial charge in [-0.1, -0.05) is 25.7 Å². The molecule has 1 aliphatic heterocycles. The molecule has 0 aromatic carbocycles. The molecule has 104 valence electrons. The highest BCUT2D eigenvalue weighted by atomic mass is 16.3. The van der Waals surface area contributed by atoms with Gasteiger partial charge in [-0.3, -0.25) is 4.79 Å². The van der Waals surface area contributed by atoms with Crippen LogP contribution in [0.25, 0.3) is 0 Å². The topological polar surface area (TPSA) is 40.5 Å². The van der Waals surface area contributed by atoms with Gasteiger partial charge in [0, 0.05) is 19.0 Å². The number of carbonyl (C=O) groups excluding carboxylic acids is 1. The van der Waals surface area contributed by atoms with Gasteiger partial charge >= 0.3 is 0 Å². The zero-order valence-electron chi connectivity index (χ0n) is 11.7. The van der Waals surface area contributed by atoms with Crippen LogP contribution < -0.4 is 0 Å². The molecule has 0 aromatic rings. The number of rotatable bonds is 1. The average molecular weight is 253 g/mol. The van der Waals surface area contributed by atoms with Gasteiger partial charge in [0.05, 0.1) is 5.60 Å². The second-order valence-electron chi connectivity index (χ2n) is 6.36. The van der Waals surface area contributed by atoms with Crippen molar-refractivity contribution in [1.29, 1.82) is 0 Å². The quantitative estimate of drug-likeness (QED) is 0.730. The van der Waals surface area contributed by atoms with Crippen molar-refractivity contribution in [1.82, 2.24) is 4.90 Å². The highest BCUT2D eigenvalue weighted by Crippen LogP contribution is 2.27. The summed E-state index contributed by atoms with van der Waals surface area (Å²) in [6, 6.07) is 0. The van der Waals surface area contributed by atoms with Crippen molar-refractivity contribution in [3.05, 3.63) is 0 Å². The molecule has 1 atom stereocenters. The van der Waals surface area contributed by atoms with Crippen molar-refractivity contribution in [3.63, 3.8) is 0 Å². The number of hydrogen-bond acceptors (Lipinski definition) is 2. The van der Waals surface area contributed by atoms with Crippen LogP contribution in [0.5, 0.6) is 0 Å². The highest BCUT2D eigenvalue weighted by Gasteiger charge is 2.30. The molecule has 1 saturated carbocycles. The zero-order chi connectivity index (χ0) is 13.0. The number of likely N-dealkylation sites (tertiary alicyclic amines) is 1. The Morgan fingerprint density at radius 3 is 2.39 bits per heavy atom. The second kappa shape index (κ2) is 6.05. The molecular formula is C15H27NO2. The summed E-state index contributed by atoms with van der Waals surface area (Å²) < 4.78 is 0. The lowest BCUT2D eigenvalue weighted by Crippen LogP contribution is -2.37. The largest absolute Gasteiger partial charge is 0.390 e. The van der Waals surface area contributed by atoms with Crippen LogP contribution in [0.3, 0.4) is 0 Å². The molecule has 3 nitrogen and oxygen atoms in total. The summed E-state index contributed by atoms with van der Waals surface area (Å²) in [5, 5.41) is 10.1. The van der Waals surface area contributed by atoms with E-state index in [-0.39, 0.29) is 5.92 Å². The number of hydrogen-bond donors (Lipinski definition) is 1. The van der Waals surface area contributed by atoms with Crippen molar-refractivity contribution in [2.75, 3.05) is 13.1 Å². The van der Waals surface area contributed by atoms with Crippen molar-refractivity contribution in [3.8, 4) is 0 Å². The molecule has 0 spiro atoms. The molecule has 0 aromatic heterocycles. The summed E-state index contributed by atoms with van der Waals surface area (Å²) in [4.78, 5) is 14.5. The van der Waals surface area contributed by atoms with E-state index in [9.17, 15) is 9.90 Å². The van der Waals surface area contributed by atoms with Crippen molar-refractivity contribution >= 4 is 5.91 Å². The molecule has 2 aliphatic rings. The highest BCUT2D eigenvalue weighted by molar-refractivity contribution is 5.78. The van der Waals surface area contributed by atoms with E-state index in [1.165, 1.54) is 25.7 Å². The van der Waals surface area contributed by atoms with Gasteiger partial charge in [-0.15, -0.1) is 0 Å². The van der Waals surface area contributed by atoms with Gasteiger partial charge in [-0.25, -0.2) is 0 Å². The summed E-state index contributed by atoms with van der Waals surface area (Å²) in [6.07, 6.45) is 9.64. The first-order valence-corrected chi connectivity index (χ1v) is 7.60. The Kier molecular flexibility index (Phi) is 4.66. The van der Waals surface area contributed by atoms with Crippen LogP contribution in [0.15, 0.2) is 0 Å². The van der Waals surface area contributed by atoms with Gasteiger partial charge in [0.25, 0.3) is 0 Å². The van der Waals surface area contributed by atoms with Crippen molar-refractivity contribution in [2.45, 2.75) is 70.3 Å². The fourth-order valence-corrected chi connectivity index (χ4v) is 3.27. The summed E-state index contributed by atoms with van der Waals surface area (Å²) >= 11 is 0. The Morgan fingerprint density at radius 1 is 1.06 bits per heavy atom. The standard InChI is InChI=1S/C15H27NO2/c1-15(18)9-6-11-16(12-10-15)14(17)13-7-4-2-3-5-8-13/h13,18H,2-12H2,1H3. The summed E-state index contributed by atoms with van der Waals surface area (Å²) in [7, 11) is 0. The lowest BCUT2D eigenvalue weighted by molar-refractivity contribution is -0.136. The van der Waals surface area contributed by atoms with Crippen molar-refractivity contribution < 1.29 is 9.90 Å². The van der Waals surface area contributed by atoms with Gasteiger partial charge in [-0.05, 0) is 39.0 Å². The zero-order valence-corrected chi connectivity index (χ0v) is 11.7. The van der Waals surface area contributed by atoms with E-state index in [1.54, 1.807) is 0 Å². The third-order valence-corrected chi connectivity index (χ3v) is 4.58. The van der Waals surface area contributed by atoms with Gasteiger partial charge in [0.1, 0.15) is 0 Å². The van der Waals surface area contributed by atoms with Crippen LogP contribution in [0, 0.1) is 5.92 Å². The molecule has 18 heavy (non-hydrogen) atoms. The van der Waals surface area contributed by atoms with Gasteiger partial charge < -0.3 is 10.0 Å². The van der Waals surface area contributed by atoms with Gasteiger partial charge in [0.15, 0.2) is 0 Å². The van der Waals surface area contributed by atoms with E-state index >= 15 is 0 Å². The van der Waals surface area contributed by atoms with E-state index in [0.717, 1.165) is 45.2 Å². The molecule has 1 amide bonds. The van der Waals surface area contributed by atoms with Crippen LogP contribution in [0.2, 0.25) is 0 Å². The van der Waals surface area contributed by atoms with E-state index in [2.05, 4.69) is 0 Å². The average Bonchev–Trinajstić information content (AvgIpc) is 2.68. The first kappa shape index (κ1) is 13.9. The molecular weight excluding hydrogens is 226 g/mol. The fourth-order valence-electron chi connectivity index (χ4n) is 3.27. The van der Waals surface area contributed by atoms with Crippen LogP contribution in [-0.2, 0) is 4.79 Å². The van der Waals surface area contributed by atoms with E-state index in [4.69, 9.17) is 0 Å². The molecule has 1 N–H and O–H groups in total. The maximum Gasteiger partial charge on any atom is 0.225 e. The maximum atomic E-state index is 12.5. The Hall–Kier alpha value is -0.570. The lowest BCUT2D eigenvalue weighted by Gasteiger charge is -2.26. The van der Waals surface area contributed by atoms with Crippen molar-refractivity contribution in [2.24, 2.45) is 5.92 Å². The first-order chi connectivity index (χ1) is 8.58. The summed E-state index contributed by atoms with van der Waals surface area (Å²) in [5.74, 6) is 0.616. The minimum Gasteiger partial charge on any atom is -0.390 e. The predicted molar refractivity (Wildman–Crippen MR) is 72.2 cm³/mol. The number of carbonyl (C=O) groups is 1. The summed E-state index contributed by atoms with van der Waals surface area (Å²) in [5.41, 5.74) is -0.571. The third-order valence-electron chi connectivity index (χ3n) is 4.58. The SMILES string of the molecule is CC1(O)CCCN(C(=O)C2CCCCCC2)CC1. The molecule has 0 bridgehead atoms. The Balaban J connectivity index is 1.91. The normalized spacial score (nSPS) is 31.8. The Labute approximate surface area is 111 Å². The number of amides is 1. The Morgan fingerprint density at radius 2 is 1.72 bits per heavy atom. The maximum absolute atomic E-state index is 12.5. The minimum absolute atomic E-state index is 0.260. The third kappa shape index (κ3) is 3.71. The lowest BCUT2D eigenvalue weighted by atomic mass is 9.97. The smallest absolute Gasteiger partial charge is 0.225 e. The molecule has 2 fully saturated rings. The molecule has 0 radical (unpaired) electrons. The van der Waals surface area contributed by atoms with Gasteiger partial charge in [0.2, 0.25) is 5.91 Å². The minimum atomic E-state index is -0.571. The Bertz CT molecular complexity index is 280. The number of aliphatic hydroxyl groups is 1. The number of nitrogens with zero attached hydrogens (tertiary/aromatic N) is 1. The van der Waals surface area contributed by atoms with Crippen LogP contribution >= 0.6 is 0 Å². The summed E-state index contributed by atoms with van der Waals surface area (Å²) in [6.45, 7) is 3.47. The van der Waals surface area contributed by atoms with Crippen LogP contribution in [-0.4, -0.2) is 34.6 Å². The molecule has 1 aliphatic carbocycles. The monoisotopic (exact) mass is 253 g/mol. The second-order valence-corrected chi connectivity index (χ2v) is 6.36. The molecule has 1 heterocycles. The van der Waals surface area contributed by atoms with E-state index in [1.807, 2.05) is 11.8 Å². The fraction of sp³-hybridized carbons (Fsp3) is 0.933. The van der Waals surface area contributed by atoms with Crippen LogP contribution in [0.1, 0.15) is 64.7 Å². The van der Waals surface area contributed by atoms with Gasteiger partial charge in [-0.2, -0.15) is 0 Å². The van der Waals surface area contributed by atoms with E-state index < -0.39 is 5.60 Å². The first-order valence-electron chi connectivity index (χ1n) is 7.60. The molecule has 1 unspecified atom stereocenters. The van der Waals surface area contributed by atoms with Crippen LogP contribution in [0.4, 0.5) is 0 Å².